The normalized spacial score (nSPS) is 11.5. The Morgan fingerprint density at radius 2 is 1.34 bits per heavy atom. The van der Waals surface area contributed by atoms with Crippen molar-refractivity contribution in [2.24, 2.45) is 0 Å². The molecule has 0 aliphatic carbocycles. The largest absolute Gasteiger partial charge is 0.322 e. The Bertz CT molecular complexity index is 969. The topological polar surface area (TPSA) is 62.6 Å². The van der Waals surface area contributed by atoms with E-state index in [0.717, 1.165) is 33.0 Å². The standard InChI is InChI=1S/C24H25N3O2/c1-18-12-14-20(15-13-18)25-23(28)16-27(2)17-24(29)26-22-11-7-6-10-21(22)19-8-4-3-5-9-19/h3-15H,16-17H2,1-2H3,(H,25,28)(H,26,29)/p+1. The fraction of sp³-hybridized carbons (Fsp3) is 0.167. The molecule has 0 aromatic heterocycles. The molecule has 29 heavy (non-hydrogen) atoms. The molecule has 0 radical (unpaired) electrons. The van der Waals surface area contributed by atoms with Crippen molar-refractivity contribution in [1.82, 2.24) is 0 Å². The molecule has 0 saturated carbocycles. The van der Waals surface area contributed by atoms with E-state index in [0.29, 0.717) is 0 Å². The summed E-state index contributed by atoms with van der Waals surface area (Å²) in [6, 6.07) is 25.3. The number of benzene rings is 3. The predicted molar refractivity (Wildman–Crippen MR) is 117 cm³/mol. The van der Waals surface area contributed by atoms with Gasteiger partial charge in [0.15, 0.2) is 13.1 Å². The van der Waals surface area contributed by atoms with Gasteiger partial charge in [-0.05, 0) is 30.7 Å². The van der Waals surface area contributed by atoms with Crippen LogP contribution < -0.4 is 15.5 Å². The first-order chi connectivity index (χ1) is 14.0. The van der Waals surface area contributed by atoms with Crippen LogP contribution in [0.4, 0.5) is 11.4 Å². The number of hydrogen-bond donors (Lipinski definition) is 3. The third-order valence-electron chi connectivity index (χ3n) is 4.55. The van der Waals surface area contributed by atoms with Crippen molar-refractivity contribution < 1.29 is 14.5 Å². The molecule has 0 bridgehead atoms. The number of para-hydroxylation sites is 1. The van der Waals surface area contributed by atoms with Crippen molar-refractivity contribution in [3.63, 3.8) is 0 Å². The lowest BCUT2D eigenvalue weighted by Gasteiger charge is -2.15. The van der Waals surface area contributed by atoms with E-state index in [-0.39, 0.29) is 24.9 Å². The summed E-state index contributed by atoms with van der Waals surface area (Å²) in [6.07, 6.45) is 0. The molecule has 0 fully saturated rings. The maximum Gasteiger partial charge on any atom is 0.279 e. The molecule has 5 nitrogen and oxygen atoms in total. The molecule has 3 N–H and O–H groups in total. The molecule has 0 spiro atoms. The van der Waals surface area contributed by atoms with Crippen LogP contribution in [-0.2, 0) is 9.59 Å². The van der Waals surface area contributed by atoms with Gasteiger partial charge in [-0.3, -0.25) is 9.59 Å². The van der Waals surface area contributed by atoms with E-state index >= 15 is 0 Å². The van der Waals surface area contributed by atoms with Gasteiger partial charge < -0.3 is 15.5 Å². The van der Waals surface area contributed by atoms with E-state index in [9.17, 15) is 9.59 Å². The van der Waals surface area contributed by atoms with Crippen LogP contribution in [0.5, 0.6) is 0 Å². The highest BCUT2D eigenvalue weighted by atomic mass is 16.2. The second-order valence-electron chi connectivity index (χ2n) is 7.18. The molecule has 2 amide bonds. The molecule has 1 unspecified atom stereocenters. The van der Waals surface area contributed by atoms with E-state index in [4.69, 9.17) is 0 Å². The van der Waals surface area contributed by atoms with Crippen molar-refractivity contribution in [2.45, 2.75) is 6.92 Å². The lowest BCUT2D eigenvalue weighted by molar-refractivity contribution is -0.862. The molecule has 0 aliphatic rings. The van der Waals surface area contributed by atoms with Gasteiger partial charge in [-0.1, -0.05) is 66.2 Å². The van der Waals surface area contributed by atoms with Crippen LogP contribution in [0.2, 0.25) is 0 Å². The molecule has 5 heteroatoms. The van der Waals surface area contributed by atoms with Crippen LogP contribution in [0.15, 0.2) is 78.9 Å². The van der Waals surface area contributed by atoms with Crippen molar-refractivity contribution in [2.75, 3.05) is 30.8 Å². The average Bonchev–Trinajstić information content (AvgIpc) is 2.70. The quantitative estimate of drug-likeness (QED) is 0.583. The van der Waals surface area contributed by atoms with Crippen LogP contribution in [0.3, 0.4) is 0 Å². The van der Waals surface area contributed by atoms with Gasteiger partial charge in [0.1, 0.15) is 0 Å². The number of hydrogen-bond acceptors (Lipinski definition) is 2. The monoisotopic (exact) mass is 388 g/mol. The molecule has 3 aromatic rings. The lowest BCUT2D eigenvalue weighted by atomic mass is 10.0. The number of amides is 2. The number of aryl methyl sites for hydroxylation is 1. The Hall–Kier alpha value is -3.44. The van der Waals surface area contributed by atoms with Crippen molar-refractivity contribution in [3.8, 4) is 11.1 Å². The van der Waals surface area contributed by atoms with Crippen LogP contribution in [0, 0.1) is 6.92 Å². The van der Waals surface area contributed by atoms with E-state index in [2.05, 4.69) is 10.6 Å². The third kappa shape index (κ3) is 6.02. The molecule has 0 aliphatic heterocycles. The van der Waals surface area contributed by atoms with E-state index in [1.54, 1.807) is 0 Å². The molecule has 148 valence electrons. The zero-order chi connectivity index (χ0) is 20.6. The van der Waals surface area contributed by atoms with Crippen LogP contribution in [0.1, 0.15) is 5.56 Å². The van der Waals surface area contributed by atoms with Gasteiger partial charge in [0.05, 0.1) is 7.05 Å². The van der Waals surface area contributed by atoms with Crippen LogP contribution in [-0.4, -0.2) is 32.0 Å². The highest BCUT2D eigenvalue weighted by Gasteiger charge is 2.16. The Morgan fingerprint density at radius 3 is 2.03 bits per heavy atom. The van der Waals surface area contributed by atoms with E-state index < -0.39 is 0 Å². The molecule has 0 heterocycles. The zero-order valence-corrected chi connectivity index (χ0v) is 16.7. The minimum atomic E-state index is -0.131. The van der Waals surface area contributed by atoms with Gasteiger partial charge in [0.2, 0.25) is 0 Å². The predicted octanol–water partition coefficient (Wildman–Crippen LogP) is 2.75. The molecule has 0 saturated heterocycles. The van der Waals surface area contributed by atoms with Gasteiger partial charge in [0.25, 0.3) is 11.8 Å². The number of nitrogens with one attached hydrogen (secondary N) is 3. The Morgan fingerprint density at radius 1 is 0.759 bits per heavy atom. The lowest BCUT2D eigenvalue weighted by Crippen LogP contribution is -3.11. The summed E-state index contributed by atoms with van der Waals surface area (Å²) in [5.41, 5.74) is 4.67. The van der Waals surface area contributed by atoms with Gasteiger partial charge in [-0.25, -0.2) is 0 Å². The maximum absolute atomic E-state index is 12.5. The minimum Gasteiger partial charge on any atom is -0.322 e. The summed E-state index contributed by atoms with van der Waals surface area (Å²) in [7, 11) is 1.83. The van der Waals surface area contributed by atoms with Crippen LogP contribution in [0.25, 0.3) is 11.1 Å². The van der Waals surface area contributed by atoms with Crippen molar-refractivity contribution in [3.05, 3.63) is 84.4 Å². The van der Waals surface area contributed by atoms with E-state index in [1.165, 1.54) is 0 Å². The summed E-state index contributed by atoms with van der Waals surface area (Å²) >= 11 is 0. The Balaban J connectivity index is 1.55. The summed E-state index contributed by atoms with van der Waals surface area (Å²) in [5.74, 6) is -0.252. The summed E-state index contributed by atoms with van der Waals surface area (Å²) in [6.45, 7) is 2.41. The number of carbonyl (C=O) groups is 2. The first-order valence-corrected chi connectivity index (χ1v) is 9.63. The fourth-order valence-corrected chi connectivity index (χ4v) is 3.11. The highest BCUT2D eigenvalue weighted by Crippen LogP contribution is 2.27. The minimum absolute atomic E-state index is 0.121. The molecule has 3 rings (SSSR count). The second kappa shape index (κ2) is 9.66. The molecule has 3 aromatic carbocycles. The summed E-state index contributed by atoms with van der Waals surface area (Å²) in [4.78, 5) is 25.6. The van der Waals surface area contributed by atoms with Gasteiger partial charge in [-0.15, -0.1) is 0 Å². The highest BCUT2D eigenvalue weighted by molar-refractivity contribution is 5.96. The first-order valence-electron chi connectivity index (χ1n) is 9.63. The number of quaternary nitrogens is 1. The van der Waals surface area contributed by atoms with Gasteiger partial charge in [0, 0.05) is 16.9 Å². The number of carbonyl (C=O) groups excluding carboxylic acids is 2. The van der Waals surface area contributed by atoms with E-state index in [1.807, 2.05) is 92.8 Å². The third-order valence-corrected chi connectivity index (χ3v) is 4.55. The zero-order valence-electron chi connectivity index (χ0n) is 16.7. The Labute approximate surface area is 171 Å². The first kappa shape index (κ1) is 20.3. The SMILES string of the molecule is Cc1ccc(NC(=O)C[NH+](C)CC(=O)Nc2ccccc2-c2ccccc2)cc1. The average molecular weight is 388 g/mol. The molecular weight excluding hydrogens is 362 g/mol. The van der Waals surface area contributed by atoms with Crippen molar-refractivity contribution in [1.29, 1.82) is 0 Å². The molecule has 1 atom stereocenters. The molecular formula is C24H26N3O2+. The number of anilines is 2. The van der Waals surface area contributed by atoms with Crippen molar-refractivity contribution >= 4 is 23.2 Å². The maximum atomic E-state index is 12.5. The summed E-state index contributed by atoms with van der Waals surface area (Å²) in [5, 5.41) is 5.84. The summed E-state index contributed by atoms with van der Waals surface area (Å²) < 4.78 is 0. The smallest absolute Gasteiger partial charge is 0.279 e. The number of likely N-dealkylation sites (N-methyl/N-ethyl adjacent to an activating group) is 1. The Kier molecular flexibility index (Phi) is 6.76. The number of rotatable bonds is 7. The fourth-order valence-electron chi connectivity index (χ4n) is 3.11. The van der Waals surface area contributed by atoms with Gasteiger partial charge >= 0.3 is 0 Å². The second-order valence-corrected chi connectivity index (χ2v) is 7.18. The van der Waals surface area contributed by atoms with Crippen LogP contribution >= 0.6 is 0 Å². The van der Waals surface area contributed by atoms with Gasteiger partial charge in [-0.2, -0.15) is 0 Å².